The molecule has 0 saturated heterocycles. The first kappa shape index (κ1) is 10.3. The Balaban J connectivity index is 2.79. The molecule has 16 heavy (non-hydrogen) atoms. The lowest BCUT2D eigenvalue weighted by molar-refractivity contribution is 0.0693. The minimum Gasteiger partial charge on any atom is -0.476 e. The van der Waals surface area contributed by atoms with Crippen LogP contribution < -0.4 is 5.62 Å². The highest BCUT2D eigenvalue weighted by Gasteiger charge is 2.15. The van der Waals surface area contributed by atoms with Crippen LogP contribution in [0, 0.1) is 5.41 Å². The van der Waals surface area contributed by atoms with Crippen molar-refractivity contribution < 1.29 is 9.90 Å². The van der Waals surface area contributed by atoms with Gasteiger partial charge in [-0.25, -0.2) is 18.9 Å². The summed E-state index contributed by atoms with van der Waals surface area (Å²) in [5, 5.41) is 24.2. The third-order valence-corrected chi connectivity index (χ3v) is 2.12. The number of carboxylic acids is 1. The molecule has 0 aliphatic heterocycles. The number of carboxylic acid groups (broad SMARTS) is 1. The molecule has 0 aliphatic rings. The van der Waals surface area contributed by atoms with E-state index in [4.69, 9.17) is 10.5 Å². The van der Waals surface area contributed by atoms with Crippen molar-refractivity contribution in [1.82, 2.24) is 24.4 Å². The molecular formula is C8H10N6O2. The third kappa shape index (κ3) is 1.35. The molecule has 0 spiro atoms. The Kier molecular flexibility index (Phi) is 2.18. The van der Waals surface area contributed by atoms with Gasteiger partial charge >= 0.3 is 5.97 Å². The van der Waals surface area contributed by atoms with Gasteiger partial charge in [-0.05, 0) is 13.8 Å². The summed E-state index contributed by atoms with van der Waals surface area (Å²) in [6.07, 6.45) is 1.26. The number of hydrogen-bond donors (Lipinski definition) is 2. The van der Waals surface area contributed by atoms with E-state index in [2.05, 4.69) is 15.3 Å². The molecule has 0 radical (unpaired) electrons. The second-order valence-electron chi connectivity index (χ2n) is 3.54. The van der Waals surface area contributed by atoms with Crippen molar-refractivity contribution in [2.75, 3.05) is 0 Å². The Morgan fingerprint density at radius 1 is 1.56 bits per heavy atom. The highest BCUT2D eigenvalue weighted by molar-refractivity contribution is 5.91. The summed E-state index contributed by atoms with van der Waals surface area (Å²) in [5.74, 6) is -1.18. The van der Waals surface area contributed by atoms with E-state index in [9.17, 15) is 4.79 Å². The molecule has 0 aliphatic carbocycles. The molecular weight excluding hydrogens is 212 g/mol. The van der Waals surface area contributed by atoms with E-state index in [0.29, 0.717) is 0 Å². The van der Waals surface area contributed by atoms with Crippen molar-refractivity contribution in [1.29, 1.82) is 5.41 Å². The van der Waals surface area contributed by atoms with Gasteiger partial charge in [0.1, 0.15) is 6.33 Å². The van der Waals surface area contributed by atoms with Gasteiger partial charge in [0, 0.05) is 0 Å². The first-order valence-corrected chi connectivity index (χ1v) is 4.63. The van der Waals surface area contributed by atoms with Crippen molar-refractivity contribution in [2.24, 2.45) is 0 Å². The molecule has 2 rings (SSSR count). The Hall–Kier alpha value is -2.25. The predicted octanol–water partition coefficient (Wildman–Crippen LogP) is -0.316. The predicted molar refractivity (Wildman–Crippen MR) is 52.0 cm³/mol. The average Bonchev–Trinajstić information content (AvgIpc) is 2.61. The van der Waals surface area contributed by atoms with Crippen LogP contribution in [0.2, 0.25) is 0 Å². The monoisotopic (exact) mass is 222 g/mol. The molecule has 0 bridgehead atoms. The molecule has 2 N–H and O–H groups in total. The van der Waals surface area contributed by atoms with E-state index in [1.807, 2.05) is 13.8 Å². The van der Waals surface area contributed by atoms with E-state index < -0.39 is 5.97 Å². The molecule has 0 saturated carbocycles. The zero-order valence-electron chi connectivity index (χ0n) is 8.75. The molecule has 0 unspecified atom stereocenters. The Morgan fingerprint density at radius 3 is 2.81 bits per heavy atom. The van der Waals surface area contributed by atoms with Crippen molar-refractivity contribution in [2.45, 2.75) is 19.9 Å². The topological polar surface area (TPSA) is 109 Å². The second kappa shape index (κ2) is 3.40. The maximum absolute atomic E-state index is 10.8. The SMILES string of the molecule is CC(C)n1nnc2c(C(=O)O)ncn2c1=N. The van der Waals surface area contributed by atoms with Crippen LogP contribution >= 0.6 is 0 Å². The number of rotatable bonds is 2. The van der Waals surface area contributed by atoms with Crippen LogP contribution in [-0.4, -0.2) is 35.5 Å². The van der Waals surface area contributed by atoms with Gasteiger partial charge in [-0.1, -0.05) is 5.21 Å². The molecule has 0 amide bonds. The fourth-order valence-electron chi connectivity index (χ4n) is 1.33. The summed E-state index contributed by atoms with van der Waals surface area (Å²) in [7, 11) is 0. The van der Waals surface area contributed by atoms with Crippen LogP contribution in [0.3, 0.4) is 0 Å². The number of carbonyl (C=O) groups is 1. The normalized spacial score (nSPS) is 11.2. The van der Waals surface area contributed by atoms with Crippen molar-refractivity contribution in [3.8, 4) is 0 Å². The summed E-state index contributed by atoms with van der Waals surface area (Å²) in [6, 6.07) is -0.0277. The lowest BCUT2D eigenvalue weighted by atomic mass is 10.4. The van der Waals surface area contributed by atoms with Gasteiger partial charge in [0.15, 0.2) is 11.3 Å². The minimum absolute atomic E-state index is 0.0277. The molecule has 0 atom stereocenters. The third-order valence-electron chi connectivity index (χ3n) is 2.12. The fourth-order valence-corrected chi connectivity index (χ4v) is 1.33. The number of nitrogens with zero attached hydrogens (tertiary/aromatic N) is 5. The molecule has 8 nitrogen and oxygen atoms in total. The number of hydrogen-bond acceptors (Lipinski definition) is 5. The summed E-state index contributed by atoms with van der Waals surface area (Å²) in [5.41, 5.74) is -0.0775. The number of imidazole rings is 1. The summed E-state index contributed by atoms with van der Waals surface area (Å²) >= 11 is 0. The lowest BCUT2D eigenvalue weighted by Crippen LogP contribution is -2.31. The molecule has 2 aromatic rings. The number of aromatic carboxylic acids is 1. The van der Waals surface area contributed by atoms with Gasteiger partial charge in [0.2, 0.25) is 5.62 Å². The molecule has 2 heterocycles. The summed E-state index contributed by atoms with van der Waals surface area (Å²) < 4.78 is 2.66. The van der Waals surface area contributed by atoms with Gasteiger partial charge < -0.3 is 5.11 Å². The van der Waals surface area contributed by atoms with Gasteiger partial charge in [-0.2, -0.15) is 0 Å². The molecule has 84 valence electrons. The maximum Gasteiger partial charge on any atom is 0.358 e. The Labute approximate surface area is 89.7 Å². The first-order valence-electron chi connectivity index (χ1n) is 4.63. The number of aromatic nitrogens is 5. The van der Waals surface area contributed by atoms with Crippen molar-refractivity contribution in [3.63, 3.8) is 0 Å². The van der Waals surface area contributed by atoms with Crippen LogP contribution in [0.4, 0.5) is 0 Å². The smallest absolute Gasteiger partial charge is 0.358 e. The quantitative estimate of drug-likeness (QED) is 0.724. The van der Waals surface area contributed by atoms with E-state index in [0.717, 1.165) is 0 Å². The molecule has 2 aromatic heterocycles. The molecule has 0 fully saturated rings. The van der Waals surface area contributed by atoms with Crippen LogP contribution in [0.15, 0.2) is 6.33 Å². The van der Waals surface area contributed by atoms with Crippen molar-refractivity contribution >= 4 is 11.6 Å². The fraction of sp³-hybridized carbons (Fsp3) is 0.375. The van der Waals surface area contributed by atoms with Gasteiger partial charge in [-0.3, -0.25) is 5.41 Å². The van der Waals surface area contributed by atoms with Gasteiger partial charge in [-0.15, -0.1) is 5.10 Å². The minimum atomic E-state index is -1.18. The molecule has 8 heteroatoms. The van der Waals surface area contributed by atoms with Crippen LogP contribution in [0.5, 0.6) is 0 Å². The summed E-state index contributed by atoms with van der Waals surface area (Å²) in [4.78, 5) is 14.5. The van der Waals surface area contributed by atoms with Crippen LogP contribution in [0.25, 0.3) is 5.65 Å². The molecule has 0 aromatic carbocycles. The Morgan fingerprint density at radius 2 is 2.25 bits per heavy atom. The number of nitrogens with one attached hydrogen (secondary N) is 1. The lowest BCUT2D eigenvalue weighted by Gasteiger charge is -2.07. The zero-order chi connectivity index (χ0) is 11.9. The van der Waals surface area contributed by atoms with E-state index in [-0.39, 0.29) is 23.0 Å². The summed E-state index contributed by atoms with van der Waals surface area (Å²) in [6.45, 7) is 3.71. The van der Waals surface area contributed by atoms with Crippen molar-refractivity contribution in [3.05, 3.63) is 17.6 Å². The zero-order valence-corrected chi connectivity index (χ0v) is 8.75. The standard InChI is InChI=1S/C8H10N6O2/c1-4(2)14-8(9)13-3-10-5(7(15)16)6(13)11-12-14/h3-4,9H,1-2H3,(H,15,16). The van der Waals surface area contributed by atoms with Crippen LogP contribution in [-0.2, 0) is 0 Å². The van der Waals surface area contributed by atoms with Gasteiger partial charge in [0.25, 0.3) is 0 Å². The Bertz CT molecular complexity index is 611. The maximum atomic E-state index is 10.8. The van der Waals surface area contributed by atoms with E-state index >= 15 is 0 Å². The van der Waals surface area contributed by atoms with Gasteiger partial charge in [0.05, 0.1) is 6.04 Å². The van der Waals surface area contributed by atoms with E-state index in [1.54, 1.807) is 0 Å². The van der Waals surface area contributed by atoms with Crippen LogP contribution in [0.1, 0.15) is 30.4 Å². The van der Waals surface area contributed by atoms with E-state index in [1.165, 1.54) is 15.4 Å². The average molecular weight is 222 g/mol. The second-order valence-corrected chi connectivity index (χ2v) is 3.54. The highest BCUT2D eigenvalue weighted by Crippen LogP contribution is 2.03. The highest BCUT2D eigenvalue weighted by atomic mass is 16.4. The largest absolute Gasteiger partial charge is 0.476 e. The number of fused-ring (bicyclic) bond motifs is 1. The first-order chi connectivity index (χ1) is 7.52.